The van der Waals surface area contributed by atoms with Crippen LogP contribution >= 0.6 is 15.9 Å². The van der Waals surface area contributed by atoms with E-state index >= 15 is 0 Å². The summed E-state index contributed by atoms with van der Waals surface area (Å²) in [6, 6.07) is 0. The summed E-state index contributed by atoms with van der Waals surface area (Å²) in [5, 5.41) is 4.26. The molecule has 6 heteroatoms. The molecule has 0 spiro atoms. The number of aromatic nitrogens is 2. The summed E-state index contributed by atoms with van der Waals surface area (Å²) in [6.07, 6.45) is 1.03. The standard InChI is InChI=1S/C11H15BrN2O3/c1-3-7-5-14-10(17-6-7)8(9(12)13-14)11(15)16-4-2/h7H,3-6H2,1-2H3. The second-order valence-corrected chi connectivity index (χ2v) is 4.71. The summed E-state index contributed by atoms with van der Waals surface area (Å²) >= 11 is 3.28. The number of esters is 1. The quantitative estimate of drug-likeness (QED) is 0.804. The lowest BCUT2D eigenvalue weighted by Crippen LogP contribution is -2.26. The highest BCUT2D eigenvalue weighted by molar-refractivity contribution is 9.10. The van der Waals surface area contributed by atoms with Gasteiger partial charge in [0.1, 0.15) is 4.60 Å². The van der Waals surface area contributed by atoms with Crippen LogP contribution in [0.15, 0.2) is 4.60 Å². The van der Waals surface area contributed by atoms with Crippen LogP contribution in [-0.2, 0) is 11.3 Å². The van der Waals surface area contributed by atoms with E-state index in [4.69, 9.17) is 9.47 Å². The number of halogens is 1. The molecule has 0 saturated heterocycles. The van der Waals surface area contributed by atoms with Crippen LogP contribution in [-0.4, -0.2) is 29.0 Å². The van der Waals surface area contributed by atoms with Crippen molar-refractivity contribution in [2.45, 2.75) is 26.8 Å². The largest absolute Gasteiger partial charge is 0.477 e. The van der Waals surface area contributed by atoms with Gasteiger partial charge in [0, 0.05) is 5.92 Å². The van der Waals surface area contributed by atoms with Gasteiger partial charge in [-0.2, -0.15) is 5.10 Å². The maximum Gasteiger partial charge on any atom is 0.346 e. The normalized spacial score (nSPS) is 18.4. The summed E-state index contributed by atoms with van der Waals surface area (Å²) < 4.78 is 12.8. The molecule has 1 aliphatic heterocycles. The fraction of sp³-hybridized carbons (Fsp3) is 0.636. The van der Waals surface area contributed by atoms with Crippen molar-refractivity contribution >= 4 is 21.9 Å². The zero-order chi connectivity index (χ0) is 12.4. The Bertz CT molecular complexity index is 431. The molecule has 0 bridgehead atoms. The van der Waals surface area contributed by atoms with Crippen LogP contribution in [0.3, 0.4) is 0 Å². The zero-order valence-electron chi connectivity index (χ0n) is 9.90. The Morgan fingerprint density at radius 3 is 3.06 bits per heavy atom. The summed E-state index contributed by atoms with van der Waals surface area (Å²) in [4.78, 5) is 11.8. The smallest absolute Gasteiger partial charge is 0.346 e. The lowest BCUT2D eigenvalue weighted by atomic mass is 10.1. The number of nitrogens with zero attached hydrogens (tertiary/aromatic N) is 2. The van der Waals surface area contributed by atoms with E-state index in [9.17, 15) is 4.79 Å². The van der Waals surface area contributed by atoms with E-state index in [1.54, 1.807) is 11.6 Å². The highest BCUT2D eigenvalue weighted by Crippen LogP contribution is 2.31. The van der Waals surface area contributed by atoms with Crippen molar-refractivity contribution in [3.8, 4) is 5.88 Å². The third-order valence-electron chi connectivity index (χ3n) is 2.81. The molecule has 1 aliphatic rings. The van der Waals surface area contributed by atoms with Crippen LogP contribution < -0.4 is 4.74 Å². The van der Waals surface area contributed by atoms with Gasteiger partial charge in [-0.3, -0.25) is 0 Å². The molecular formula is C11H15BrN2O3. The zero-order valence-corrected chi connectivity index (χ0v) is 11.5. The van der Waals surface area contributed by atoms with Gasteiger partial charge in [0.15, 0.2) is 5.56 Å². The molecule has 1 aromatic rings. The van der Waals surface area contributed by atoms with E-state index in [1.165, 1.54) is 0 Å². The molecule has 0 saturated carbocycles. The minimum Gasteiger partial charge on any atom is -0.477 e. The molecule has 0 radical (unpaired) electrons. The van der Waals surface area contributed by atoms with Crippen molar-refractivity contribution in [2.75, 3.05) is 13.2 Å². The van der Waals surface area contributed by atoms with E-state index in [0.717, 1.165) is 13.0 Å². The fourth-order valence-corrected chi connectivity index (χ4v) is 2.33. The molecule has 94 valence electrons. The molecule has 5 nitrogen and oxygen atoms in total. The SMILES string of the molecule is CCOC(=O)c1c(Br)nn2c1OCC(CC)C2. The van der Waals surface area contributed by atoms with Gasteiger partial charge in [-0.25, -0.2) is 9.48 Å². The van der Waals surface area contributed by atoms with Crippen molar-refractivity contribution < 1.29 is 14.3 Å². The number of carbonyl (C=O) groups is 1. The lowest BCUT2D eigenvalue weighted by Gasteiger charge is -2.23. The number of rotatable bonds is 3. The molecule has 0 aromatic carbocycles. The number of fused-ring (bicyclic) bond motifs is 1. The van der Waals surface area contributed by atoms with Gasteiger partial charge in [-0.05, 0) is 29.3 Å². The Hall–Kier alpha value is -1.04. The Morgan fingerprint density at radius 1 is 1.65 bits per heavy atom. The summed E-state index contributed by atoms with van der Waals surface area (Å²) in [5.41, 5.74) is 0.390. The molecule has 1 unspecified atom stereocenters. The number of ether oxygens (including phenoxy) is 2. The minimum absolute atomic E-state index is 0.341. The fourth-order valence-electron chi connectivity index (χ4n) is 1.80. The first-order valence-corrected chi connectivity index (χ1v) is 6.52. The van der Waals surface area contributed by atoms with Crippen LogP contribution in [0.25, 0.3) is 0 Å². The van der Waals surface area contributed by atoms with E-state index in [-0.39, 0.29) is 0 Å². The second-order valence-electron chi connectivity index (χ2n) is 3.96. The minimum atomic E-state index is -0.393. The Balaban J connectivity index is 2.30. The van der Waals surface area contributed by atoms with Gasteiger partial charge in [-0.1, -0.05) is 6.92 Å². The van der Waals surface area contributed by atoms with Crippen LogP contribution in [0.5, 0.6) is 5.88 Å². The highest BCUT2D eigenvalue weighted by Gasteiger charge is 2.29. The highest BCUT2D eigenvalue weighted by atomic mass is 79.9. The van der Waals surface area contributed by atoms with E-state index in [2.05, 4.69) is 28.0 Å². The molecule has 1 atom stereocenters. The first-order valence-electron chi connectivity index (χ1n) is 5.73. The van der Waals surface area contributed by atoms with Gasteiger partial charge in [-0.15, -0.1) is 0 Å². The molecule has 0 amide bonds. The van der Waals surface area contributed by atoms with Crippen LogP contribution in [0.1, 0.15) is 30.6 Å². The van der Waals surface area contributed by atoms with Crippen molar-refractivity contribution in [3.63, 3.8) is 0 Å². The Morgan fingerprint density at radius 2 is 2.41 bits per heavy atom. The average molecular weight is 303 g/mol. The maximum absolute atomic E-state index is 11.8. The summed E-state index contributed by atoms with van der Waals surface area (Å²) in [5.74, 6) is 0.569. The maximum atomic E-state index is 11.8. The van der Waals surface area contributed by atoms with Gasteiger partial charge in [0.2, 0.25) is 5.88 Å². The predicted octanol–water partition coefficient (Wildman–Crippen LogP) is 2.24. The third-order valence-corrected chi connectivity index (χ3v) is 3.36. The van der Waals surface area contributed by atoms with Gasteiger partial charge >= 0.3 is 5.97 Å². The van der Waals surface area contributed by atoms with Crippen LogP contribution in [0.4, 0.5) is 0 Å². The van der Waals surface area contributed by atoms with Gasteiger partial charge < -0.3 is 9.47 Å². The molecule has 2 heterocycles. The molecule has 1 aromatic heterocycles. The molecular weight excluding hydrogens is 288 g/mol. The second kappa shape index (κ2) is 5.08. The van der Waals surface area contributed by atoms with Crippen molar-refractivity contribution in [1.29, 1.82) is 0 Å². The summed E-state index contributed by atoms with van der Waals surface area (Å²) in [7, 11) is 0. The van der Waals surface area contributed by atoms with Crippen LogP contribution in [0, 0.1) is 5.92 Å². The number of hydrogen-bond acceptors (Lipinski definition) is 4. The van der Waals surface area contributed by atoms with E-state index in [0.29, 0.717) is 35.2 Å². The molecule has 0 aliphatic carbocycles. The van der Waals surface area contributed by atoms with E-state index < -0.39 is 5.97 Å². The first kappa shape index (κ1) is 12.4. The first-order chi connectivity index (χ1) is 8.17. The van der Waals surface area contributed by atoms with Crippen molar-refractivity contribution in [1.82, 2.24) is 9.78 Å². The lowest BCUT2D eigenvalue weighted by molar-refractivity contribution is 0.0515. The monoisotopic (exact) mass is 302 g/mol. The molecule has 2 rings (SSSR count). The third kappa shape index (κ3) is 2.31. The van der Waals surface area contributed by atoms with Gasteiger partial charge in [0.25, 0.3) is 0 Å². The number of carbonyl (C=O) groups excluding carboxylic acids is 1. The average Bonchev–Trinajstić information content (AvgIpc) is 2.64. The predicted molar refractivity (Wildman–Crippen MR) is 65.2 cm³/mol. The topological polar surface area (TPSA) is 53.3 Å². The van der Waals surface area contributed by atoms with Crippen LogP contribution in [0.2, 0.25) is 0 Å². The van der Waals surface area contributed by atoms with Gasteiger partial charge in [0.05, 0.1) is 19.8 Å². The van der Waals surface area contributed by atoms with Crippen molar-refractivity contribution in [3.05, 3.63) is 10.2 Å². The molecule has 0 fully saturated rings. The Kier molecular flexibility index (Phi) is 3.71. The summed E-state index contributed by atoms with van der Waals surface area (Å²) in [6.45, 7) is 5.64. The molecule has 0 N–H and O–H groups in total. The van der Waals surface area contributed by atoms with Crippen molar-refractivity contribution in [2.24, 2.45) is 5.92 Å². The molecule has 17 heavy (non-hydrogen) atoms. The van der Waals surface area contributed by atoms with E-state index in [1.807, 2.05) is 0 Å². The Labute approximate surface area is 108 Å². The number of hydrogen-bond donors (Lipinski definition) is 0.